The van der Waals surface area contributed by atoms with Crippen LogP contribution < -0.4 is 9.47 Å². The lowest BCUT2D eigenvalue weighted by Crippen LogP contribution is -2.34. The molecule has 0 saturated heterocycles. The van der Waals surface area contributed by atoms with Gasteiger partial charge in [-0.15, -0.1) is 11.3 Å². The molecule has 0 bridgehead atoms. The summed E-state index contributed by atoms with van der Waals surface area (Å²) in [4.78, 5) is 35.8. The van der Waals surface area contributed by atoms with E-state index in [1.165, 1.54) is 11.3 Å². The number of carbonyl (C=O) groups is 2. The Hall–Kier alpha value is -2.91. The molecule has 0 aliphatic carbocycles. The van der Waals surface area contributed by atoms with Gasteiger partial charge < -0.3 is 24.4 Å². The fourth-order valence-electron chi connectivity index (χ4n) is 4.63. The van der Waals surface area contributed by atoms with Crippen LogP contribution in [0.1, 0.15) is 72.0 Å². The van der Waals surface area contributed by atoms with Crippen LogP contribution in [-0.2, 0) is 4.79 Å². The molecule has 9 heteroatoms. The van der Waals surface area contributed by atoms with Crippen molar-refractivity contribution in [3.8, 4) is 11.5 Å². The van der Waals surface area contributed by atoms with Crippen molar-refractivity contribution in [2.24, 2.45) is 0 Å². The molecule has 0 radical (unpaired) electrons. The highest BCUT2D eigenvalue weighted by Crippen LogP contribution is 2.42. The van der Waals surface area contributed by atoms with Gasteiger partial charge in [0.25, 0.3) is 5.91 Å². The van der Waals surface area contributed by atoms with E-state index in [0.29, 0.717) is 47.2 Å². The molecule has 202 valence electrons. The largest absolute Gasteiger partial charge is 0.503 e. The van der Waals surface area contributed by atoms with Gasteiger partial charge >= 0.3 is 0 Å². The lowest BCUT2D eigenvalue weighted by atomic mass is 9.94. The maximum Gasteiger partial charge on any atom is 0.290 e. The number of methoxy groups -OCH3 is 1. The normalized spacial score (nSPS) is 15.7. The van der Waals surface area contributed by atoms with Crippen LogP contribution in [0.5, 0.6) is 11.5 Å². The summed E-state index contributed by atoms with van der Waals surface area (Å²) in [6, 6.07) is 4.71. The van der Waals surface area contributed by atoms with Crippen LogP contribution in [0.25, 0.3) is 0 Å². The van der Waals surface area contributed by atoms with Crippen LogP contribution in [0, 0.1) is 13.8 Å². The molecule has 1 aromatic carbocycles. The van der Waals surface area contributed by atoms with Crippen LogP contribution in [-0.4, -0.2) is 71.5 Å². The first kappa shape index (κ1) is 28.7. The van der Waals surface area contributed by atoms with E-state index in [1.54, 1.807) is 25.0 Å². The van der Waals surface area contributed by atoms with Crippen LogP contribution in [0.2, 0.25) is 0 Å². The number of thiazole rings is 1. The highest BCUT2D eigenvalue weighted by Gasteiger charge is 2.44. The van der Waals surface area contributed by atoms with Crippen molar-refractivity contribution in [1.82, 2.24) is 14.8 Å². The van der Waals surface area contributed by atoms with Crippen LogP contribution >= 0.6 is 11.3 Å². The average Bonchev–Trinajstić information content (AvgIpc) is 3.36. The molecular weight excluding hydrogens is 490 g/mol. The number of ether oxygens (including phenoxy) is 2. The Balaban J connectivity index is 2.01. The number of ketones is 1. The molecule has 1 N–H and O–H groups in total. The van der Waals surface area contributed by atoms with Crippen molar-refractivity contribution in [2.45, 2.75) is 59.9 Å². The highest BCUT2D eigenvalue weighted by molar-refractivity contribution is 7.14. The van der Waals surface area contributed by atoms with Crippen molar-refractivity contribution in [2.75, 3.05) is 39.9 Å². The zero-order valence-electron chi connectivity index (χ0n) is 22.8. The first-order valence-electron chi connectivity index (χ1n) is 13.0. The van der Waals surface area contributed by atoms with E-state index in [9.17, 15) is 14.7 Å². The Morgan fingerprint density at radius 3 is 2.49 bits per heavy atom. The number of aliphatic hydroxyl groups excluding tert-OH is 1. The summed E-state index contributed by atoms with van der Waals surface area (Å²) in [5.41, 5.74) is 1.36. The summed E-state index contributed by atoms with van der Waals surface area (Å²) >= 11 is 1.27. The Morgan fingerprint density at radius 1 is 1.16 bits per heavy atom. The van der Waals surface area contributed by atoms with Gasteiger partial charge in [-0.2, -0.15) is 0 Å². The number of nitrogens with zero attached hydrogens (tertiary/aromatic N) is 3. The number of hydrogen-bond donors (Lipinski definition) is 1. The maximum atomic E-state index is 13.7. The summed E-state index contributed by atoms with van der Waals surface area (Å²) < 4.78 is 11.5. The molecule has 1 atom stereocenters. The molecule has 3 rings (SSSR count). The van der Waals surface area contributed by atoms with Crippen LogP contribution in [0.4, 0.5) is 0 Å². The van der Waals surface area contributed by atoms with Gasteiger partial charge in [0.05, 0.1) is 40.9 Å². The zero-order chi connectivity index (χ0) is 27.1. The molecule has 8 nitrogen and oxygen atoms in total. The summed E-state index contributed by atoms with van der Waals surface area (Å²) in [5, 5.41) is 11.8. The topological polar surface area (TPSA) is 92.2 Å². The molecule has 2 heterocycles. The number of unbranched alkanes of at least 4 members (excludes halogenated alkanes) is 1. The van der Waals surface area contributed by atoms with Gasteiger partial charge in [-0.25, -0.2) is 4.98 Å². The number of aryl methyl sites for hydroxylation is 2. The molecule has 0 spiro atoms. The summed E-state index contributed by atoms with van der Waals surface area (Å²) in [7, 11) is 1.57. The van der Waals surface area contributed by atoms with Gasteiger partial charge in [0.2, 0.25) is 5.78 Å². The molecule has 1 aromatic heterocycles. The lowest BCUT2D eigenvalue weighted by molar-refractivity contribution is -0.129. The predicted molar refractivity (Wildman–Crippen MR) is 146 cm³/mol. The van der Waals surface area contributed by atoms with E-state index < -0.39 is 17.7 Å². The van der Waals surface area contributed by atoms with E-state index >= 15 is 0 Å². The number of hydrogen-bond acceptors (Lipinski definition) is 8. The van der Waals surface area contributed by atoms with Gasteiger partial charge in [0, 0.05) is 6.54 Å². The van der Waals surface area contributed by atoms with Crippen LogP contribution in [0.15, 0.2) is 29.5 Å². The smallest absolute Gasteiger partial charge is 0.290 e. The number of amides is 1. The maximum absolute atomic E-state index is 13.7. The third-order valence-corrected chi connectivity index (χ3v) is 7.76. The number of benzene rings is 1. The monoisotopic (exact) mass is 529 g/mol. The lowest BCUT2D eigenvalue weighted by Gasteiger charge is -2.28. The molecule has 2 aromatic rings. The van der Waals surface area contributed by atoms with Crippen molar-refractivity contribution in [1.29, 1.82) is 0 Å². The van der Waals surface area contributed by atoms with Gasteiger partial charge in [-0.3, -0.25) is 9.59 Å². The number of carbonyl (C=O) groups excluding carboxylic acids is 2. The van der Waals surface area contributed by atoms with Crippen LogP contribution in [0.3, 0.4) is 0 Å². The number of aliphatic hydroxyl groups is 1. The molecule has 1 amide bonds. The van der Waals surface area contributed by atoms with Crippen molar-refractivity contribution >= 4 is 23.0 Å². The Kier molecular flexibility index (Phi) is 10.1. The minimum Gasteiger partial charge on any atom is -0.503 e. The standard InChI is InChI=1S/C28H39N3O5S/c1-7-10-16-36-21-13-12-20(17-22(21)35-6)24-23(25(32)27-18(4)29-19(5)37-27)26(33)28(34)31(24)15-11-14-30(8-2)9-3/h12-13,17,24,33H,7-11,14-16H2,1-6H3. The number of aromatic nitrogens is 1. The molecule has 0 fully saturated rings. The minimum atomic E-state index is -0.739. The SMILES string of the molecule is CCCCOc1ccc(C2C(C(=O)c3sc(C)nc3C)=C(O)C(=O)N2CCCN(CC)CC)cc1OC. The Bertz CT molecular complexity index is 1140. The summed E-state index contributed by atoms with van der Waals surface area (Å²) in [6.07, 6.45) is 2.65. The minimum absolute atomic E-state index is 0.0845. The van der Waals surface area contributed by atoms with Gasteiger partial charge in [-0.05, 0) is 64.0 Å². The summed E-state index contributed by atoms with van der Waals surface area (Å²) in [5.74, 6) is -0.272. The fourth-order valence-corrected chi connectivity index (χ4v) is 5.51. The Morgan fingerprint density at radius 2 is 1.89 bits per heavy atom. The summed E-state index contributed by atoms with van der Waals surface area (Å²) in [6.45, 7) is 13.5. The quantitative estimate of drug-likeness (QED) is 0.264. The second-order valence-electron chi connectivity index (χ2n) is 9.13. The molecule has 1 unspecified atom stereocenters. The molecule has 1 aliphatic rings. The fraction of sp³-hybridized carbons (Fsp3) is 0.536. The number of Topliss-reactive ketones (excluding diaryl/α,β-unsaturated/α-hetero) is 1. The molecule has 0 saturated carbocycles. The van der Waals surface area contributed by atoms with E-state index in [4.69, 9.17) is 9.47 Å². The third-order valence-electron chi connectivity index (χ3n) is 6.68. The molecular formula is C28H39N3O5S. The number of rotatable bonds is 14. The van der Waals surface area contributed by atoms with E-state index in [2.05, 4.69) is 30.7 Å². The first-order chi connectivity index (χ1) is 17.8. The van der Waals surface area contributed by atoms with E-state index in [1.807, 2.05) is 19.1 Å². The Labute approximate surface area is 223 Å². The van der Waals surface area contributed by atoms with Gasteiger partial charge in [0.1, 0.15) is 0 Å². The second kappa shape index (κ2) is 13.1. The molecule has 1 aliphatic heterocycles. The van der Waals surface area contributed by atoms with E-state index in [0.717, 1.165) is 37.5 Å². The highest BCUT2D eigenvalue weighted by atomic mass is 32.1. The zero-order valence-corrected chi connectivity index (χ0v) is 23.6. The van der Waals surface area contributed by atoms with Crippen molar-refractivity contribution < 1.29 is 24.2 Å². The van der Waals surface area contributed by atoms with E-state index in [-0.39, 0.29) is 11.4 Å². The van der Waals surface area contributed by atoms with Crippen molar-refractivity contribution in [3.63, 3.8) is 0 Å². The van der Waals surface area contributed by atoms with Crippen molar-refractivity contribution in [3.05, 3.63) is 50.7 Å². The first-order valence-corrected chi connectivity index (χ1v) is 13.8. The van der Waals surface area contributed by atoms with Gasteiger partial charge in [-0.1, -0.05) is 33.3 Å². The third kappa shape index (κ3) is 6.33. The van der Waals surface area contributed by atoms with Gasteiger partial charge in [0.15, 0.2) is 17.3 Å². The predicted octanol–water partition coefficient (Wildman–Crippen LogP) is 5.26. The second-order valence-corrected chi connectivity index (χ2v) is 10.3. The average molecular weight is 530 g/mol. The molecule has 37 heavy (non-hydrogen) atoms.